The molecule has 0 N–H and O–H groups in total. The zero-order valence-electron chi connectivity index (χ0n) is 13.1. The molecule has 1 aromatic carbocycles. The molecular formula is C16H17N3O3S. The summed E-state index contributed by atoms with van der Waals surface area (Å²) in [6, 6.07) is 6.06. The Kier molecular flexibility index (Phi) is 5.23. The Balaban J connectivity index is 2.10. The molecule has 0 bridgehead atoms. The molecule has 0 aliphatic rings. The first-order chi connectivity index (χ1) is 10.9. The van der Waals surface area contributed by atoms with Crippen LogP contribution < -0.4 is 0 Å². The highest BCUT2D eigenvalue weighted by Gasteiger charge is 2.17. The Labute approximate surface area is 138 Å². The van der Waals surface area contributed by atoms with Gasteiger partial charge < -0.3 is 4.90 Å². The number of carbonyl (C=O) groups excluding carboxylic acids is 1. The minimum absolute atomic E-state index is 0.0193. The number of nitrogens with zero attached hydrogens (tertiary/aromatic N) is 3. The third-order valence-corrected chi connectivity index (χ3v) is 4.40. The average molecular weight is 331 g/mol. The maximum Gasteiger partial charge on any atom is 0.269 e. The normalized spacial score (nSPS) is 12.3. The Morgan fingerprint density at radius 3 is 2.83 bits per heavy atom. The molecule has 2 aromatic rings. The van der Waals surface area contributed by atoms with Crippen LogP contribution in [0.4, 0.5) is 5.69 Å². The minimum Gasteiger partial charge on any atom is -0.335 e. The van der Waals surface area contributed by atoms with Crippen LogP contribution in [0.15, 0.2) is 36.5 Å². The lowest BCUT2D eigenvalue weighted by atomic mass is 10.1. The summed E-state index contributed by atoms with van der Waals surface area (Å²) in [5, 5.41) is 11.8. The summed E-state index contributed by atoms with van der Waals surface area (Å²) in [6.45, 7) is 3.74. The van der Waals surface area contributed by atoms with Gasteiger partial charge in [-0.15, -0.1) is 11.3 Å². The van der Waals surface area contributed by atoms with Gasteiger partial charge in [0, 0.05) is 36.3 Å². The van der Waals surface area contributed by atoms with Crippen molar-refractivity contribution in [3.63, 3.8) is 0 Å². The van der Waals surface area contributed by atoms with Crippen LogP contribution in [0.2, 0.25) is 0 Å². The molecule has 0 radical (unpaired) electrons. The van der Waals surface area contributed by atoms with Gasteiger partial charge in [0.2, 0.25) is 5.91 Å². The van der Waals surface area contributed by atoms with Crippen molar-refractivity contribution in [1.82, 2.24) is 9.88 Å². The maximum atomic E-state index is 12.2. The van der Waals surface area contributed by atoms with E-state index < -0.39 is 4.92 Å². The van der Waals surface area contributed by atoms with Crippen LogP contribution in [0, 0.1) is 17.0 Å². The largest absolute Gasteiger partial charge is 0.335 e. The zero-order chi connectivity index (χ0) is 17.0. The molecule has 0 unspecified atom stereocenters. The number of aromatic nitrogens is 1. The van der Waals surface area contributed by atoms with Gasteiger partial charge in [-0.05, 0) is 25.5 Å². The van der Waals surface area contributed by atoms with Crippen molar-refractivity contribution in [1.29, 1.82) is 0 Å². The fraction of sp³-hybridized carbons (Fsp3) is 0.250. The van der Waals surface area contributed by atoms with E-state index in [1.807, 2.05) is 13.8 Å². The third-order valence-electron chi connectivity index (χ3n) is 3.52. The molecule has 0 aliphatic carbocycles. The van der Waals surface area contributed by atoms with E-state index in [1.165, 1.54) is 29.5 Å². The molecule has 2 rings (SSSR count). The second-order valence-electron chi connectivity index (χ2n) is 5.09. The smallest absolute Gasteiger partial charge is 0.269 e. The lowest BCUT2D eigenvalue weighted by Gasteiger charge is -2.24. The molecule has 0 saturated heterocycles. The number of aryl methyl sites for hydroxylation is 1. The number of hydrogen-bond donors (Lipinski definition) is 0. The van der Waals surface area contributed by atoms with Gasteiger partial charge in [-0.25, -0.2) is 4.98 Å². The predicted octanol–water partition coefficient (Wildman–Crippen LogP) is 3.59. The monoisotopic (exact) mass is 331 g/mol. The van der Waals surface area contributed by atoms with E-state index in [0.29, 0.717) is 0 Å². The van der Waals surface area contributed by atoms with Crippen LogP contribution in [0.5, 0.6) is 0 Å². The van der Waals surface area contributed by atoms with Gasteiger partial charge in [0.25, 0.3) is 5.69 Å². The number of non-ortho nitro benzene ring substituents is 1. The van der Waals surface area contributed by atoms with Crippen molar-refractivity contribution in [3.05, 3.63) is 62.1 Å². The Morgan fingerprint density at radius 2 is 2.22 bits per heavy atom. The Morgan fingerprint density at radius 1 is 1.48 bits per heavy atom. The Hall–Kier alpha value is -2.54. The fourth-order valence-corrected chi connectivity index (χ4v) is 2.73. The molecule has 0 fully saturated rings. The van der Waals surface area contributed by atoms with Gasteiger partial charge >= 0.3 is 0 Å². The van der Waals surface area contributed by atoms with E-state index in [9.17, 15) is 14.9 Å². The summed E-state index contributed by atoms with van der Waals surface area (Å²) in [6.07, 6.45) is 4.93. The van der Waals surface area contributed by atoms with Crippen molar-refractivity contribution in [3.8, 4) is 0 Å². The molecule has 1 atom stereocenters. The molecule has 0 spiro atoms. The third kappa shape index (κ3) is 4.23. The van der Waals surface area contributed by atoms with E-state index in [-0.39, 0.29) is 17.6 Å². The SMILES string of the molecule is Cc1ncc(/C=C/C(=O)N(C)[C@H](C)c2cccc([N+](=O)[O-])c2)s1. The van der Waals surface area contributed by atoms with Gasteiger partial charge in [0.15, 0.2) is 0 Å². The van der Waals surface area contributed by atoms with Crippen molar-refractivity contribution >= 4 is 29.0 Å². The predicted molar refractivity (Wildman–Crippen MR) is 90.2 cm³/mol. The molecule has 7 heteroatoms. The molecule has 6 nitrogen and oxygen atoms in total. The molecule has 1 aromatic heterocycles. The number of hydrogen-bond acceptors (Lipinski definition) is 5. The number of carbonyl (C=O) groups is 1. The number of likely N-dealkylation sites (N-methyl/N-ethyl adjacent to an activating group) is 1. The number of rotatable bonds is 5. The zero-order valence-corrected chi connectivity index (χ0v) is 13.9. The van der Waals surface area contributed by atoms with Gasteiger partial charge in [0.1, 0.15) is 0 Å². The topological polar surface area (TPSA) is 76.3 Å². The number of benzene rings is 1. The number of thiazole rings is 1. The number of nitro groups is 1. The van der Waals surface area contributed by atoms with Crippen LogP contribution >= 0.6 is 11.3 Å². The first-order valence-corrected chi connectivity index (χ1v) is 7.82. The molecule has 0 aliphatic heterocycles. The second kappa shape index (κ2) is 7.15. The molecule has 23 heavy (non-hydrogen) atoms. The lowest BCUT2D eigenvalue weighted by Crippen LogP contribution is -2.28. The summed E-state index contributed by atoms with van der Waals surface area (Å²) in [5.41, 5.74) is 0.739. The molecular weight excluding hydrogens is 314 g/mol. The van der Waals surface area contributed by atoms with Gasteiger partial charge in [-0.2, -0.15) is 0 Å². The average Bonchev–Trinajstić information content (AvgIpc) is 2.96. The molecule has 1 heterocycles. The summed E-state index contributed by atoms with van der Waals surface area (Å²) in [4.78, 5) is 29.2. The van der Waals surface area contributed by atoms with E-state index in [0.717, 1.165) is 15.4 Å². The lowest BCUT2D eigenvalue weighted by molar-refractivity contribution is -0.384. The van der Waals surface area contributed by atoms with Gasteiger partial charge in [-0.1, -0.05) is 12.1 Å². The Bertz CT molecular complexity index is 755. The molecule has 1 amide bonds. The van der Waals surface area contributed by atoms with Crippen LogP contribution in [-0.2, 0) is 4.79 Å². The minimum atomic E-state index is -0.440. The van der Waals surface area contributed by atoms with Crippen LogP contribution in [0.3, 0.4) is 0 Å². The van der Waals surface area contributed by atoms with Gasteiger partial charge in [-0.3, -0.25) is 14.9 Å². The van der Waals surface area contributed by atoms with Crippen molar-refractivity contribution in [2.24, 2.45) is 0 Å². The van der Waals surface area contributed by atoms with E-state index in [1.54, 1.807) is 36.4 Å². The standard InChI is InChI=1S/C16H17N3O3S/c1-11(13-5-4-6-14(9-13)19(21)22)18(3)16(20)8-7-15-10-17-12(2)23-15/h4-11H,1-3H3/b8-7+/t11-/m1/s1. The first-order valence-electron chi connectivity index (χ1n) is 7.00. The number of amides is 1. The summed E-state index contributed by atoms with van der Waals surface area (Å²) in [7, 11) is 1.67. The van der Waals surface area contributed by atoms with E-state index in [2.05, 4.69) is 4.98 Å². The summed E-state index contributed by atoms with van der Waals surface area (Å²) >= 11 is 1.51. The highest BCUT2D eigenvalue weighted by Crippen LogP contribution is 2.23. The van der Waals surface area contributed by atoms with Crippen molar-refractivity contribution < 1.29 is 9.72 Å². The van der Waals surface area contributed by atoms with E-state index in [4.69, 9.17) is 0 Å². The molecule has 0 saturated carbocycles. The molecule has 120 valence electrons. The highest BCUT2D eigenvalue weighted by atomic mass is 32.1. The van der Waals surface area contributed by atoms with Crippen molar-refractivity contribution in [2.45, 2.75) is 19.9 Å². The fourth-order valence-electron chi connectivity index (χ4n) is 2.04. The first kappa shape index (κ1) is 16.8. The van der Waals surface area contributed by atoms with Crippen LogP contribution in [0.1, 0.15) is 28.4 Å². The second-order valence-corrected chi connectivity index (χ2v) is 6.36. The van der Waals surface area contributed by atoms with E-state index >= 15 is 0 Å². The van der Waals surface area contributed by atoms with Crippen molar-refractivity contribution in [2.75, 3.05) is 7.05 Å². The quantitative estimate of drug-likeness (QED) is 0.476. The summed E-state index contributed by atoms with van der Waals surface area (Å²) in [5.74, 6) is -0.171. The highest BCUT2D eigenvalue weighted by molar-refractivity contribution is 7.12. The number of nitro benzene ring substituents is 1. The van der Waals surface area contributed by atoms with Gasteiger partial charge in [0.05, 0.1) is 16.0 Å². The van der Waals surface area contributed by atoms with Crippen LogP contribution in [-0.4, -0.2) is 27.8 Å². The maximum absolute atomic E-state index is 12.2. The summed E-state index contributed by atoms with van der Waals surface area (Å²) < 4.78 is 0. The van der Waals surface area contributed by atoms with Crippen LogP contribution in [0.25, 0.3) is 6.08 Å².